The van der Waals surface area contributed by atoms with Gasteiger partial charge in [0.2, 0.25) is 0 Å². The molecule has 4 rings (SSSR count). The molecule has 0 spiro atoms. The third kappa shape index (κ3) is 3.36. The van der Waals surface area contributed by atoms with E-state index in [1.807, 2.05) is 30.5 Å². The third-order valence-corrected chi connectivity index (χ3v) is 5.05. The van der Waals surface area contributed by atoms with Crippen LogP contribution >= 0.6 is 0 Å². The molecule has 0 N–H and O–H groups in total. The molecule has 0 saturated heterocycles. The fraction of sp³-hybridized carbons (Fsp3) is 0.174. The quantitative estimate of drug-likeness (QED) is 0.455. The van der Waals surface area contributed by atoms with E-state index in [0.717, 1.165) is 27.9 Å². The van der Waals surface area contributed by atoms with E-state index in [1.165, 1.54) is 18.2 Å². The molecule has 28 heavy (non-hydrogen) atoms. The van der Waals surface area contributed by atoms with Gasteiger partial charge in [-0.1, -0.05) is 30.3 Å². The maximum Gasteiger partial charge on any atom is 0.147 e. The fourth-order valence-corrected chi connectivity index (χ4v) is 3.37. The van der Waals surface area contributed by atoms with Crippen LogP contribution in [0, 0.1) is 25.5 Å². The lowest BCUT2D eigenvalue weighted by molar-refractivity contribution is 0.308. The van der Waals surface area contributed by atoms with E-state index in [9.17, 15) is 8.78 Å². The van der Waals surface area contributed by atoms with Gasteiger partial charge in [0.25, 0.3) is 0 Å². The van der Waals surface area contributed by atoms with Crippen molar-refractivity contribution in [2.45, 2.75) is 27.0 Å². The number of pyridine rings is 1. The van der Waals surface area contributed by atoms with Crippen LogP contribution in [-0.4, -0.2) is 9.55 Å². The van der Waals surface area contributed by atoms with Crippen LogP contribution in [0.25, 0.3) is 11.0 Å². The molecule has 0 fully saturated rings. The first-order valence-electron chi connectivity index (χ1n) is 9.09. The molecular formula is C23H20F2N2O. The average molecular weight is 378 g/mol. The van der Waals surface area contributed by atoms with E-state index < -0.39 is 0 Å². The Morgan fingerprint density at radius 3 is 2.46 bits per heavy atom. The molecule has 2 aromatic carbocycles. The molecule has 0 bridgehead atoms. The summed E-state index contributed by atoms with van der Waals surface area (Å²) in [7, 11) is 0. The van der Waals surface area contributed by atoms with Crippen LogP contribution in [0.3, 0.4) is 0 Å². The molecular weight excluding hydrogens is 358 g/mol. The van der Waals surface area contributed by atoms with Gasteiger partial charge in [0.1, 0.15) is 29.5 Å². The van der Waals surface area contributed by atoms with Crippen molar-refractivity contribution >= 4 is 11.0 Å². The van der Waals surface area contributed by atoms with Crippen molar-refractivity contribution in [3.05, 3.63) is 94.8 Å². The molecule has 0 aliphatic heterocycles. The molecule has 0 aliphatic carbocycles. The van der Waals surface area contributed by atoms with Crippen molar-refractivity contribution in [2.24, 2.45) is 0 Å². The number of hydrogen-bond donors (Lipinski definition) is 0. The Bertz CT molecular complexity index is 1130. The van der Waals surface area contributed by atoms with E-state index in [0.29, 0.717) is 24.5 Å². The highest BCUT2D eigenvalue weighted by atomic mass is 19.1. The molecule has 0 atom stereocenters. The Hall–Kier alpha value is -3.21. The summed E-state index contributed by atoms with van der Waals surface area (Å²) in [6, 6.07) is 14.8. The summed E-state index contributed by atoms with van der Waals surface area (Å²) < 4.78 is 35.4. The van der Waals surface area contributed by atoms with Crippen LogP contribution < -0.4 is 4.74 Å². The monoisotopic (exact) mass is 378 g/mol. The molecule has 0 saturated carbocycles. The van der Waals surface area contributed by atoms with Crippen molar-refractivity contribution in [3.63, 3.8) is 0 Å². The van der Waals surface area contributed by atoms with Gasteiger partial charge in [0, 0.05) is 23.5 Å². The minimum Gasteiger partial charge on any atom is -0.487 e. The van der Waals surface area contributed by atoms with Gasteiger partial charge in [-0.05, 0) is 43.2 Å². The highest BCUT2D eigenvalue weighted by Gasteiger charge is 2.17. The van der Waals surface area contributed by atoms with Gasteiger partial charge in [-0.25, -0.2) is 8.78 Å². The summed E-state index contributed by atoms with van der Waals surface area (Å²) in [6.07, 6.45) is 1.71. The normalized spacial score (nSPS) is 11.1. The van der Waals surface area contributed by atoms with Gasteiger partial charge < -0.3 is 9.30 Å². The summed E-state index contributed by atoms with van der Waals surface area (Å²) in [5, 5.41) is 0. The zero-order valence-corrected chi connectivity index (χ0v) is 15.7. The SMILES string of the molecule is Cc1c(C)n(Cc2ccccc2F)c2c(OCc3ccc(F)cc3)ccnc12. The fourth-order valence-electron chi connectivity index (χ4n) is 3.37. The second-order valence-electron chi connectivity index (χ2n) is 6.81. The van der Waals surface area contributed by atoms with Crippen LogP contribution in [0.15, 0.2) is 60.8 Å². The average Bonchev–Trinajstić information content (AvgIpc) is 2.95. The van der Waals surface area contributed by atoms with Crippen LogP contribution in [0.1, 0.15) is 22.4 Å². The largest absolute Gasteiger partial charge is 0.487 e. The van der Waals surface area contributed by atoms with E-state index in [-0.39, 0.29) is 11.6 Å². The van der Waals surface area contributed by atoms with Crippen LogP contribution in [0.4, 0.5) is 8.78 Å². The van der Waals surface area contributed by atoms with Crippen molar-refractivity contribution in [2.75, 3.05) is 0 Å². The Balaban J connectivity index is 1.74. The number of hydrogen-bond acceptors (Lipinski definition) is 2. The second kappa shape index (κ2) is 7.43. The first-order chi connectivity index (χ1) is 13.5. The molecule has 3 nitrogen and oxygen atoms in total. The van der Waals surface area contributed by atoms with Crippen molar-refractivity contribution in [1.82, 2.24) is 9.55 Å². The van der Waals surface area contributed by atoms with Crippen molar-refractivity contribution < 1.29 is 13.5 Å². The smallest absolute Gasteiger partial charge is 0.147 e. The molecule has 5 heteroatoms. The second-order valence-corrected chi connectivity index (χ2v) is 6.81. The molecule has 4 aromatic rings. The minimum atomic E-state index is -0.278. The Labute approximate surface area is 162 Å². The van der Waals surface area contributed by atoms with Gasteiger partial charge >= 0.3 is 0 Å². The Morgan fingerprint density at radius 2 is 1.71 bits per heavy atom. The number of ether oxygens (including phenoxy) is 1. The molecule has 0 unspecified atom stereocenters. The molecule has 142 valence electrons. The highest BCUT2D eigenvalue weighted by Crippen LogP contribution is 2.32. The molecule has 2 aromatic heterocycles. The standard InChI is InChI=1S/C23H20F2N2O/c1-15-16(2)27(13-18-5-3-4-6-20(18)25)23-21(11-12-26-22(15)23)28-14-17-7-9-19(24)10-8-17/h3-12H,13-14H2,1-2H3. The Kier molecular flexibility index (Phi) is 4.82. The van der Waals surface area contributed by atoms with Crippen LogP contribution in [-0.2, 0) is 13.2 Å². The number of halogens is 2. The number of aromatic nitrogens is 2. The first kappa shape index (κ1) is 18.2. The van der Waals surface area contributed by atoms with Gasteiger partial charge in [0.05, 0.1) is 12.1 Å². The zero-order valence-electron chi connectivity index (χ0n) is 15.7. The topological polar surface area (TPSA) is 27.1 Å². The minimum absolute atomic E-state index is 0.237. The lowest BCUT2D eigenvalue weighted by Gasteiger charge is -2.13. The van der Waals surface area contributed by atoms with E-state index >= 15 is 0 Å². The van der Waals surface area contributed by atoms with E-state index in [4.69, 9.17) is 4.74 Å². The number of rotatable bonds is 5. The number of nitrogens with zero attached hydrogens (tertiary/aromatic N) is 2. The molecule has 2 heterocycles. The number of fused-ring (bicyclic) bond motifs is 1. The number of benzene rings is 2. The van der Waals surface area contributed by atoms with E-state index in [2.05, 4.69) is 4.98 Å². The Morgan fingerprint density at radius 1 is 0.964 bits per heavy atom. The number of aryl methyl sites for hydroxylation is 1. The third-order valence-electron chi connectivity index (χ3n) is 5.05. The molecule has 0 radical (unpaired) electrons. The maximum absolute atomic E-state index is 14.2. The highest BCUT2D eigenvalue weighted by molar-refractivity contribution is 5.86. The van der Waals surface area contributed by atoms with Crippen molar-refractivity contribution in [3.8, 4) is 5.75 Å². The van der Waals surface area contributed by atoms with Gasteiger partial charge in [-0.3, -0.25) is 4.98 Å². The lowest BCUT2D eigenvalue weighted by atomic mass is 10.2. The summed E-state index contributed by atoms with van der Waals surface area (Å²) in [4.78, 5) is 4.51. The first-order valence-corrected chi connectivity index (χ1v) is 9.09. The maximum atomic E-state index is 14.2. The predicted molar refractivity (Wildman–Crippen MR) is 105 cm³/mol. The van der Waals surface area contributed by atoms with Gasteiger partial charge in [0.15, 0.2) is 0 Å². The van der Waals surface area contributed by atoms with Gasteiger partial charge in [-0.15, -0.1) is 0 Å². The van der Waals surface area contributed by atoms with Crippen LogP contribution in [0.2, 0.25) is 0 Å². The van der Waals surface area contributed by atoms with Crippen molar-refractivity contribution in [1.29, 1.82) is 0 Å². The predicted octanol–water partition coefficient (Wildman–Crippen LogP) is 5.56. The van der Waals surface area contributed by atoms with E-state index in [1.54, 1.807) is 30.5 Å². The van der Waals surface area contributed by atoms with Crippen LogP contribution in [0.5, 0.6) is 5.75 Å². The summed E-state index contributed by atoms with van der Waals surface area (Å²) in [6.45, 7) is 4.71. The summed E-state index contributed by atoms with van der Waals surface area (Å²) >= 11 is 0. The zero-order chi connectivity index (χ0) is 19.7. The van der Waals surface area contributed by atoms with Gasteiger partial charge in [-0.2, -0.15) is 0 Å². The molecule has 0 amide bonds. The lowest BCUT2D eigenvalue weighted by Crippen LogP contribution is -2.05. The summed E-state index contributed by atoms with van der Waals surface area (Å²) in [5.74, 6) is 0.154. The summed E-state index contributed by atoms with van der Waals surface area (Å²) in [5.41, 5.74) is 5.21. The molecule has 0 aliphatic rings.